The summed E-state index contributed by atoms with van der Waals surface area (Å²) in [4.78, 5) is 27.3. The van der Waals surface area contributed by atoms with Gasteiger partial charge in [0.25, 0.3) is 5.91 Å². The fourth-order valence-electron chi connectivity index (χ4n) is 1.51. The van der Waals surface area contributed by atoms with Crippen LogP contribution in [0.15, 0.2) is 18.3 Å². The van der Waals surface area contributed by atoms with Crippen LogP contribution in [0.2, 0.25) is 0 Å². The van der Waals surface area contributed by atoms with E-state index in [1.165, 1.54) is 0 Å². The first-order chi connectivity index (χ1) is 9.67. The zero-order valence-electron chi connectivity index (χ0n) is 12.0. The zero-order valence-corrected chi connectivity index (χ0v) is 12.0. The molecule has 0 radical (unpaired) electrons. The molecule has 2 amide bonds. The number of nitrogens with zero attached hydrogens (tertiary/aromatic N) is 1. The van der Waals surface area contributed by atoms with Gasteiger partial charge in [0.2, 0.25) is 5.91 Å². The predicted octanol–water partition coefficient (Wildman–Crippen LogP) is 1.16. The molecule has 0 bridgehead atoms. The molecule has 0 fully saturated rings. The van der Waals surface area contributed by atoms with E-state index < -0.39 is 0 Å². The lowest BCUT2D eigenvalue weighted by Crippen LogP contribution is -2.37. The maximum absolute atomic E-state index is 11.9. The molecule has 0 saturated heterocycles. The van der Waals surface area contributed by atoms with Crippen LogP contribution in [-0.4, -0.2) is 36.4 Å². The summed E-state index contributed by atoms with van der Waals surface area (Å²) in [6.07, 6.45) is 3.44. The van der Waals surface area contributed by atoms with Crippen LogP contribution < -0.4 is 16.0 Å². The molecular weight excluding hydrogens is 256 g/mol. The van der Waals surface area contributed by atoms with Crippen LogP contribution in [0.25, 0.3) is 0 Å². The van der Waals surface area contributed by atoms with Crippen LogP contribution in [0.4, 0.5) is 5.69 Å². The lowest BCUT2D eigenvalue weighted by Gasteiger charge is -2.08. The summed E-state index contributed by atoms with van der Waals surface area (Å²) in [6, 6.07) is 3.48. The van der Waals surface area contributed by atoms with Gasteiger partial charge in [0.1, 0.15) is 5.69 Å². The van der Waals surface area contributed by atoms with Crippen molar-refractivity contribution in [3.8, 4) is 0 Å². The van der Waals surface area contributed by atoms with E-state index in [0.717, 1.165) is 25.1 Å². The highest BCUT2D eigenvalue weighted by molar-refractivity contribution is 5.95. The number of carbonyl (C=O) groups is 2. The van der Waals surface area contributed by atoms with Crippen molar-refractivity contribution in [3.63, 3.8) is 0 Å². The molecule has 6 nitrogen and oxygen atoms in total. The van der Waals surface area contributed by atoms with E-state index in [1.807, 2.05) is 6.92 Å². The Balaban J connectivity index is 2.48. The van der Waals surface area contributed by atoms with Gasteiger partial charge in [-0.1, -0.05) is 13.8 Å². The highest BCUT2D eigenvalue weighted by Crippen LogP contribution is 2.07. The van der Waals surface area contributed by atoms with Crippen molar-refractivity contribution < 1.29 is 9.59 Å². The lowest BCUT2D eigenvalue weighted by atomic mass is 10.3. The molecule has 0 aliphatic rings. The fourth-order valence-corrected chi connectivity index (χ4v) is 1.51. The number of hydrogen-bond acceptors (Lipinski definition) is 4. The minimum absolute atomic E-state index is 0.0346. The summed E-state index contributed by atoms with van der Waals surface area (Å²) in [5.74, 6) is -0.544. The summed E-state index contributed by atoms with van der Waals surface area (Å²) in [5.41, 5.74) is 1.15. The van der Waals surface area contributed by atoms with Crippen LogP contribution in [0.1, 0.15) is 37.2 Å². The SMILES string of the molecule is CCCNC(=O)CNC(=O)c1cc(NCCC)ccn1. The smallest absolute Gasteiger partial charge is 0.270 e. The second-order valence-corrected chi connectivity index (χ2v) is 4.39. The van der Waals surface area contributed by atoms with E-state index in [1.54, 1.807) is 18.3 Å². The van der Waals surface area contributed by atoms with Gasteiger partial charge in [-0.05, 0) is 25.0 Å². The van der Waals surface area contributed by atoms with Crippen LogP contribution in [0.5, 0.6) is 0 Å². The zero-order chi connectivity index (χ0) is 14.8. The summed E-state index contributed by atoms with van der Waals surface area (Å²) < 4.78 is 0. The maximum atomic E-state index is 11.9. The molecule has 1 rings (SSSR count). The van der Waals surface area contributed by atoms with Gasteiger partial charge in [0, 0.05) is 25.0 Å². The maximum Gasteiger partial charge on any atom is 0.270 e. The molecule has 1 aromatic rings. The summed E-state index contributed by atoms with van der Waals surface area (Å²) >= 11 is 0. The third-order valence-corrected chi connectivity index (χ3v) is 2.55. The number of pyridine rings is 1. The molecule has 0 saturated carbocycles. The van der Waals surface area contributed by atoms with Gasteiger partial charge in [-0.15, -0.1) is 0 Å². The second kappa shape index (κ2) is 8.90. The number of amides is 2. The standard InChI is InChI=1S/C14H22N4O2/c1-3-6-15-11-5-8-16-12(9-11)14(20)18-10-13(19)17-7-4-2/h5,8-9H,3-4,6-7,10H2,1-2H3,(H,15,16)(H,17,19)(H,18,20). The minimum Gasteiger partial charge on any atom is -0.385 e. The Morgan fingerprint density at radius 1 is 1.15 bits per heavy atom. The van der Waals surface area contributed by atoms with E-state index >= 15 is 0 Å². The Morgan fingerprint density at radius 3 is 2.60 bits per heavy atom. The van der Waals surface area contributed by atoms with Crippen LogP contribution in [-0.2, 0) is 4.79 Å². The topological polar surface area (TPSA) is 83.1 Å². The Bertz CT molecular complexity index is 449. The van der Waals surface area contributed by atoms with Crippen molar-refractivity contribution in [1.82, 2.24) is 15.6 Å². The van der Waals surface area contributed by atoms with Crippen molar-refractivity contribution in [2.24, 2.45) is 0 Å². The van der Waals surface area contributed by atoms with Crippen molar-refractivity contribution in [3.05, 3.63) is 24.0 Å². The largest absolute Gasteiger partial charge is 0.385 e. The number of rotatable bonds is 8. The predicted molar refractivity (Wildman–Crippen MR) is 78.7 cm³/mol. The van der Waals surface area contributed by atoms with Crippen LogP contribution in [0.3, 0.4) is 0 Å². The first-order valence-electron chi connectivity index (χ1n) is 6.92. The molecule has 0 atom stereocenters. The molecule has 0 aromatic carbocycles. The fraction of sp³-hybridized carbons (Fsp3) is 0.500. The van der Waals surface area contributed by atoms with Crippen LogP contribution in [0, 0.1) is 0 Å². The number of anilines is 1. The Kier molecular flexibility index (Phi) is 7.10. The average molecular weight is 278 g/mol. The molecule has 0 aliphatic heterocycles. The molecule has 1 aromatic heterocycles. The van der Waals surface area contributed by atoms with Gasteiger partial charge >= 0.3 is 0 Å². The molecule has 110 valence electrons. The number of aromatic nitrogens is 1. The molecule has 0 spiro atoms. The summed E-state index contributed by atoms with van der Waals surface area (Å²) in [6.45, 7) is 5.45. The van der Waals surface area contributed by atoms with Gasteiger partial charge in [-0.2, -0.15) is 0 Å². The van der Waals surface area contributed by atoms with Gasteiger partial charge in [0.05, 0.1) is 6.54 Å². The highest BCUT2D eigenvalue weighted by Gasteiger charge is 2.09. The third-order valence-electron chi connectivity index (χ3n) is 2.55. The average Bonchev–Trinajstić information content (AvgIpc) is 2.48. The number of carbonyl (C=O) groups excluding carboxylic acids is 2. The van der Waals surface area contributed by atoms with Gasteiger partial charge < -0.3 is 16.0 Å². The van der Waals surface area contributed by atoms with Gasteiger partial charge in [-0.3, -0.25) is 14.6 Å². The summed E-state index contributed by atoms with van der Waals surface area (Å²) in [5, 5.41) is 8.42. The van der Waals surface area contributed by atoms with E-state index in [-0.39, 0.29) is 18.4 Å². The second-order valence-electron chi connectivity index (χ2n) is 4.39. The minimum atomic E-state index is -0.350. The van der Waals surface area contributed by atoms with E-state index in [9.17, 15) is 9.59 Å². The summed E-state index contributed by atoms with van der Waals surface area (Å²) in [7, 11) is 0. The molecule has 6 heteroatoms. The lowest BCUT2D eigenvalue weighted by molar-refractivity contribution is -0.120. The van der Waals surface area contributed by atoms with Crippen molar-refractivity contribution in [2.75, 3.05) is 25.0 Å². The molecule has 3 N–H and O–H groups in total. The Morgan fingerprint density at radius 2 is 1.90 bits per heavy atom. The van der Waals surface area contributed by atoms with Gasteiger partial charge in [0.15, 0.2) is 0 Å². The number of nitrogens with one attached hydrogen (secondary N) is 3. The quantitative estimate of drug-likeness (QED) is 0.666. The van der Waals surface area contributed by atoms with Crippen molar-refractivity contribution in [2.45, 2.75) is 26.7 Å². The van der Waals surface area contributed by atoms with E-state index in [4.69, 9.17) is 0 Å². The number of hydrogen-bond donors (Lipinski definition) is 3. The monoisotopic (exact) mass is 278 g/mol. The first-order valence-corrected chi connectivity index (χ1v) is 6.92. The Labute approximate surface area is 119 Å². The van der Waals surface area contributed by atoms with E-state index in [0.29, 0.717) is 12.2 Å². The third kappa shape index (κ3) is 5.69. The molecular formula is C14H22N4O2. The Hall–Kier alpha value is -2.11. The van der Waals surface area contributed by atoms with Gasteiger partial charge in [-0.25, -0.2) is 0 Å². The highest BCUT2D eigenvalue weighted by atomic mass is 16.2. The normalized spacial score (nSPS) is 9.90. The van der Waals surface area contributed by atoms with Crippen LogP contribution >= 0.6 is 0 Å². The first kappa shape index (κ1) is 15.9. The van der Waals surface area contributed by atoms with Crippen molar-refractivity contribution >= 4 is 17.5 Å². The molecule has 0 aliphatic carbocycles. The molecule has 0 unspecified atom stereocenters. The molecule has 20 heavy (non-hydrogen) atoms. The van der Waals surface area contributed by atoms with Crippen molar-refractivity contribution in [1.29, 1.82) is 0 Å². The molecule has 1 heterocycles. The van der Waals surface area contributed by atoms with E-state index in [2.05, 4.69) is 27.9 Å².